The summed E-state index contributed by atoms with van der Waals surface area (Å²) in [5.74, 6) is 0.547. The van der Waals surface area contributed by atoms with Crippen LogP contribution in [0.5, 0.6) is 0 Å². The van der Waals surface area contributed by atoms with Gasteiger partial charge in [-0.2, -0.15) is 0 Å². The molecule has 0 unspecified atom stereocenters. The summed E-state index contributed by atoms with van der Waals surface area (Å²) < 4.78 is 9.07. The Bertz CT molecular complexity index is 2330. The minimum Gasteiger partial charge on any atom is -0.512 e. The van der Waals surface area contributed by atoms with Crippen LogP contribution < -0.4 is 0 Å². The van der Waals surface area contributed by atoms with Crippen LogP contribution in [0.2, 0.25) is 0 Å². The molecular formula is C45H48IrNO3S-. The molecule has 0 spiro atoms. The summed E-state index contributed by atoms with van der Waals surface area (Å²) in [4.78, 5) is 16.6. The maximum atomic E-state index is 11.7. The van der Waals surface area contributed by atoms with Crippen molar-refractivity contribution in [2.45, 2.75) is 80.6 Å². The number of aliphatic hydroxyl groups is 1. The number of nitrogens with zero attached hydrogens (tertiary/aromatic N) is 1. The van der Waals surface area contributed by atoms with Crippen molar-refractivity contribution in [1.29, 1.82) is 0 Å². The van der Waals surface area contributed by atoms with E-state index in [4.69, 9.17) is 9.40 Å². The molecule has 0 amide bonds. The van der Waals surface area contributed by atoms with Crippen LogP contribution in [0.4, 0.5) is 0 Å². The smallest absolute Gasteiger partial charge is 0.162 e. The Labute approximate surface area is 319 Å². The Kier molecular flexibility index (Phi) is 12.2. The van der Waals surface area contributed by atoms with Gasteiger partial charge in [0, 0.05) is 70.1 Å². The standard InChI is InChI=1S/C32H24NOS.C13H24O2.Ir/c1-32(2,3)18-19-11-13-22-25-15-16-33-28(31(25)35-27(22)17-19)26-10-6-9-23-24-14-12-20-7-4-5-8-21(20)29(24)34-30(23)26;1-5-10(6-2)12(14)9-13(15)11(7-3)8-4;/h4-9,11-17H,18H2,1-3H3;9-11,14H,5-8H2,1-4H3;/q-1;;/b;12-9-;. The van der Waals surface area contributed by atoms with Gasteiger partial charge in [0.15, 0.2) is 5.78 Å². The number of furan rings is 1. The SMILES string of the molecule is CC(C)(C)Cc1ccc2c(c1)sc1c(-c3[c-]ccc4c3oc3c5ccccc5ccc43)nccc12.CCC(CC)C(=O)/C=C(\O)C(CC)CC.[Ir]. The van der Waals surface area contributed by atoms with Gasteiger partial charge in [0.1, 0.15) is 5.58 Å². The molecule has 0 bridgehead atoms. The summed E-state index contributed by atoms with van der Waals surface area (Å²) in [5, 5.41) is 16.8. The number of rotatable bonds is 9. The number of aliphatic hydroxyl groups excluding tert-OH is 1. The molecule has 3 aromatic heterocycles. The van der Waals surface area contributed by atoms with Crippen molar-refractivity contribution in [3.8, 4) is 11.3 Å². The van der Waals surface area contributed by atoms with Crippen LogP contribution in [-0.4, -0.2) is 15.9 Å². The second-order valence-electron chi connectivity index (χ2n) is 14.6. The first-order valence-corrected chi connectivity index (χ1v) is 18.9. The van der Waals surface area contributed by atoms with Gasteiger partial charge in [0.2, 0.25) is 0 Å². The normalized spacial score (nSPS) is 12.3. The van der Waals surface area contributed by atoms with Gasteiger partial charge in [-0.25, -0.2) is 0 Å². The predicted octanol–water partition coefficient (Wildman–Crippen LogP) is 13.4. The third kappa shape index (κ3) is 7.99. The molecule has 0 aliphatic heterocycles. The average Bonchev–Trinajstić information content (AvgIpc) is 3.67. The Hall–Kier alpha value is -3.83. The van der Waals surface area contributed by atoms with Crippen LogP contribution in [0.1, 0.15) is 79.7 Å². The van der Waals surface area contributed by atoms with Crippen molar-refractivity contribution in [2.24, 2.45) is 17.3 Å². The molecule has 0 aliphatic rings. The number of aromatic nitrogens is 1. The Morgan fingerprint density at radius 1 is 0.843 bits per heavy atom. The molecule has 51 heavy (non-hydrogen) atoms. The number of hydrogen-bond donors (Lipinski definition) is 1. The maximum Gasteiger partial charge on any atom is 0.162 e. The summed E-state index contributed by atoms with van der Waals surface area (Å²) in [6.07, 6.45) is 7.88. The molecule has 4 aromatic carbocycles. The van der Waals surface area contributed by atoms with Crippen molar-refractivity contribution in [3.63, 3.8) is 0 Å². The Morgan fingerprint density at radius 3 is 2.24 bits per heavy atom. The Morgan fingerprint density at radius 2 is 1.53 bits per heavy atom. The molecular weight excluding hydrogens is 827 g/mol. The van der Waals surface area contributed by atoms with Crippen molar-refractivity contribution < 1.29 is 34.4 Å². The van der Waals surface area contributed by atoms with E-state index in [-0.39, 0.29) is 48.9 Å². The summed E-state index contributed by atoms with van der Waals surface area (Å²) in [5.41, 5.74) is 5.28. The van der Waals surface area contributed by atoms with E-state index in [0.29, 0.717) is 0 Å². The summed E-state index contributed by atoms with van der Waals surface area (Å²) in [6, 6.07) is 29.3. The predicted molar refractivity (Wildman–Crippen MR) is 213 cm³/mol. The molecule has 0 aliphatic carbocycles. The van der Waals surface area contributed by atoms with E-state index in [1.54, 1.807) is 0 Å². The number of benzene rings is 4. The fourth-order valence-corrected chi connectivity index (χ4v) is 8.33. The number of thiophene rings is 1. The third-order valence-electron chi connectivity index (χ3n) is 9.83. The Balaban J connectivity index is 0.000000271. The van der Waals surface area contributed by atoms with E-state index >= 15 is 0 Å². The van der Waals surface area contributed by atoms with Gasteiger partial charge in [-0.3, -0.25) is 4.79 Å². The van der Waals surface area contributed by atoms with Gasteiger partial charge in [-0.05, 0) is 71.4 Å². The molecule has 0 saturated carbocycles. The van der Waals surface area contributed by atoms with E-state index in [9.17, 15) is 9.90 Å². The third-order valence-corrected chi connectivity index (χ3v) is 11.0. The van der Waals surface area contributed by atoms with Crippen molar-refractivity contribution in [3.05, 3.63) is 102 Å². The first kappa shape index (κ1) is 38.4. The number of fused-ring (bicyclic) bond motifs is 8. The number of carbonyl (C=O) groups is 1. The van der Waals surface area contributed by atoms with Gasteiger partial charge in [0.25, 0.3) is 0 Å². The van der Waals surface area contributed by atoms with E-state index in [1.807, 2.05) is 51.3 Å². The van der Waals surface area contributed by atoms with Gasteiger partial charge >= 0.3 is 0 Å². The quantitative estimate of drug-likeness (QED) is 0.0891. The summed E-state index contributed by atoms with van der Waals surface area (Å²) in [7, 11) is 0. The van der Waals surface area contributed by atoms with Gasteiger partial charge in [-0.15, -0.1) is 29.5 Å². The summed E-state index contributed by atoms with van der Waals surface area (Å²) in [6.45, 7) is 14.9. The number of ketones is 1. The largest absolute Gasteiger partial charge is 0.512 e. The second-order valence-corrected chi connectivity index (χ2v) is 15.6. The number of allylic oxidation sites excluding steroid dienone is 2. The molecule has 1 radical (unpaired) electrons. The average molecular weight is 875 g/mol. The van der Waals surface area contributed by atoms with Crippen LogP contribution in [0.3, 0.4) is 0 Å². The molecule has 0 fully saturated rings. The molecule has 0 atom stereocenters. The van der Waals surface area contributed by atoms with Crippen LogP contribution in [0.15, 0.2) is 95.2 Å². The van der Waals surface area contributed by atoms with Crippen LogP contribution in [-0.2, 0) is 31.3 Å². The van der Waals surface area contributed by atoms with Crippen LogP contribution >= 0.6 is 11.3 Å². The van der Waals surface area contributed by atoms with E-state index in [0.717, 1.165) is 70.7 Å². The number of hydrogen-bond acceptors (Lipinski definition) is 5. The maximum absolute atomic E-state index is 11.7. The molecule has 7 rings (SSSR count). The van der Waals surface area contributed by atoms with E-state index in [1.165, 1.54) is 37.2 Å². The van der Waals surface area contributed by atoms with E-state index in [2.05, 4.69) is 93.6 Å². The number of carbonyl (C=O) groups excluding carboxylic acids is 1. The molecule has 7 aromatic rings. The molecule has 1 N–H and O–H groups in total. The van der Waals surface area contributed by atoms with Crippen molar-refractivity contribution in [1.82, 2.24) is 4.98 Å². The fourth-order valence-electron chi connectivity index (χ4n) is 7.07. The molecule has 4 nitrogen and oxygen atoms in total. The fraction of sp³-hybridized carbons (Fsp3) is 0.333. The minimum absolute atomic E-state index is 0. The second kappa shape index (κ2) is 16.2. The van der Waals surface area contributed by atoms with Gasteiger partial charge < -0.3 is 14.5 Å². The zero-order valence-corrected chi connectivity index (χ0v) is 33.9. The van der Waals surface area contributed by atoms with Crippen molar-refractivity contribution in [2.75, 3.05) is 0 Å². The first-order valence-electron chi connectivity index (χ1n) is 18.1. The first-order chi connectivity index (χ1) is 24.1. The van der Waals surface area contributed by atoms with Crippen LogP contribution in [0.25, 0.3) is 64.1 Å². The van der Waals surface area contributed by atoms with Crippen LogP contribution in [0, 0.1) is 23.3 Å². The van der Waals surface area contributed by atoms with Gasteiger partial charge in [-0.1, -0.05) is 108 Å². The molecule has 6 heteroatoms. The molecule has 267 valence electrons. The van der Waals surface area contributed by atoms with Gasteiger partial charge in [0.05, 0.1) is 11.3 Å². The summed E-state index contributed by atoms with van der Waals surface area (Å²) >= 11 is 1.82. The van der Waals surface area contributed by atoms with Crippen molar-refractivity contribution >= 4 is 70.0 Å². The monoisotopic (exact) mass is 875 g/mol. The molecule has 0 saturated heterocycles. The minimum atomic E-state index is 0. The van der Waals surface area contributed by atoms with E-state index < -0.39 is 0 Å². The molecule has 3 heterocycles. The zero-order valence-electron chi connectivity index (χ0n) is 30.7. The zero-order chi connectivity index (χ0) is 35.6. The topological polar surface area (TPSA) is 63.3 Å². The number of pyridine rings is 1.